The maximum absolute atomic E-state index is 10.9. The molecule has 0 spiro atoms. The first-order chi connectivity index (χ1) is 24.7. The highest BCUT2D eigenvalue weighted by atomic mass is 15.0. The number of aromatic nitrogens is 2. The normalized spacial score (nSPS) is 11.1. The standard InChI is InChI=1S/C45H25N5/c46-26-29-20-22-44-37(24-29)35-13-4-7-17-41(35)49(44)40-16-6-3-12-34(40)32-11-2-1-10-31(32)33-15-9-19-43(39(33)28-48)50-42-18-8-5-14-36(42)38-25-30(27-47)21-23-45(38)50/h1-25H. The van der Waals surface area contributed by atoms with Crippen LogP contribution in [0.4, 0.5) is 0 Å². The van der Waals surface area contributed by atoms with Gasteiger partial charge in [-0.2, -0.15) is 15.8 Å². The van der Waals surface area contributed by atoms with Gasteiger partial charge in [-0.05, 0) is 71.8 Å². The average Bonchev–Trinajstić information content (AvgIpc) is 3.69. The van der Waals surface area contributed by atoms with Crippen LogP contribution in [-0.2, 0) is 0 Å². The van der Waals surface area contributed by atoms with Gasteiger partial charge in [0, 0.05) is 32.7 Å². The van der Waals surface area contributed by atoms with Crippen LogP contribution in [0.1, 0.15) is 16.7 Å². The van der Waals surface area contributed by atoms with Crippen LogP contribution >= 0.6 is 0 Å². The topological polar surface area (TPSA) is 81.2 Å². The van der Waals surface area contributed by atoms with Gasteiger partial charge in [-0.25, -0.2) is 0 Å². The quantitative estimate of drug-likeness (QED) is 0.193. The molecule has 0 radical (unpaired) electrons. The molecule has 0 atom stereocenters. The largest absolute Gasteiger partial charge is 0.309 e. The van der Waals surface area contributed by atoms with Gasteiger partial charge in [0.25, 0.3) is 0 Å². The third kappa shape index (κ3) is 4.24. The van der Waals surface area contributed by atoms with E-state index in [-0.39, 0.29) is 0 Å². The first kappa shape index (κ1) is 28.8. The van der Waals surface area contributed by atoms with E-state index in [0.717, 1.165) is 77.2 Å². The Hall–Kier alpha value is -7.39. The van der Waals surface area contributed by atoms with Gasteiger partial charge in [0.05, 0.1) is 62.3 Å². The molecule has 9 aromatic rings. The molecule has 0 saturated carbocycles. The molecule has 230 valence electrons. The monoisotopic (exact) mass is 635 g/mol. The fourth-order valence-electron chi connectivity index (χ4n) is 7.52. The van der Waals surface area contributed by atoms with Crippen molar-refractivity contribution in [3.8, 4) is 51.8 Å². The van der Waals surface area contributed by atoms with Crippen molar-refractivity contribution in [3.05, 3.63) is 168 Å². The van der Waals surface area contributed by atoms with Gasteiger partial charge in [0.2, 0.25) is 0 Å². The zero-order chi connectivity index (χ0) is 33.8. The molecular formula is C45H25N5. The zero-order valence-electron chi connectivity index (χ0n) is 26.7. The fourth-order valence-corrected chi connectivity index (χ4v) is 7.52. The van der Waals surface area contributed by atoms with E-state index in [9.17, 15) is 15.8 Å². The summed E-state index contributed by atoms with van der Waals surface area (Å²) in [5.41, 5.74) is 11.3. The van der Waals surface area contributed by atoms with Gasteiger partial charge in [-0.1, -0.05) is 91.0 Å². The minimum Gasteiger partial charge on any atom is -0.309 e. The van der Waals surface area contributed by atoms with Gasteiger partial charge in [0.15, 0.2) is 0 Å². The lowest BCUT2D eigenvalue weighted by molar-refractivity contribution is 1.17. The summed E-state index contributed by atoms with van der Waals surface area (Å²) in [5, 5.41) is 34.3. The Kier molecular flexibility index (Phi) is 6.56. The maximum atomic E-state index is 10.9. The number of hydrogen-bond donors (Lipinski definition) is 0. The number of para-hydroxylation sites is 3. The molecule has 0 fully saturated rings. The van der Waals surface area contributed by atoms with Crippen LogP contribution in [-0.4, -0.2) is 9.13 Å². The van der Waals surface area contributed by atoms with Crippen molar-refractivity contribution in [1.29, 1.82) is 15.8 Å². The van der Waals surface area contributed by atoms with Crippen LogP contribution < -0.4 is 0 Å². The van der Waals surface area contributed by atoms with Gasteiger partial charge in [-0.3, -0.25) is 0 Å². The van der Waals surface area contributed by atoms with Crippen molar-refractivity contribution in [2.75, 3.05) is 0 Å². The second-order valence-corrected chi connectivity index (χ2v) is 12.3. The number of rotatable bonds is 4. The van der Waals surface area contributed by atoms with Crippen molar-refractivity contribution in [2.24, 2.45) is 0 Å². The van der Waals surface area contributed by atoms with E-state index in [0.29, 0.717) is 16.7 Å². The maximum Gasteiger partial charge on any atom is 0.102 e. The predicted octanol–water partition coefficient (Wildman–Crippen LogP) is 10.8. The molecule has 50 heavy (non-hydrogen) atoms. The number of benzene rings is 7. The van der Waals surface area contributed by atoms with Crippen molar-refractivity contribution in [2.45, 2.75) is 0 Å². The number of hydrogen-bond acceptors (Lipinski definition) is 3. The first-order valence-electron chi connectivity index (χ1n) is 16.3. The van der Waals surface area contributed by atoms with Crippen LogP contribution in [0.5, 0.6) is 0 Å². The fraction of sp³-hybridized carbons (Fsp3) is 0. The molecule has 0 N–H and O–H groups in total. The lowest BCUT2D eigenvalue weighted by atomic mass is 9.90. The van der Waals surface area contributed by atoms with Gasteiger partial charge >= 0.3 is 0 Å². The molecule has 0 bridgehead atoms. The Morgan fingerprint density at radius 3 is 1.36 bits per heavy atom. The second-order valence-electron chi connectivity index (χ2n) is 12.3. The van der Waals surface area contributed by atoms with E-state index in [4.69, 9.17) is 0 Å². The van der Waals surface area contributed by atoms with Crippen molar-refractivity contribution in [1.82, 2.24) is 9.13 Å². The summed E-state index contributed by atoms with van der Waals surface area (Å²) >= 11 is 0. The summed E-state index contributed by atoms with van der Waals surface area (Å²) in [6.07, 6.45) is 0. The Morgan fingerprint density at radius 1 is 0.340 bits per heavy atom. The molecule has 5 heteroatoms. The smallest absolute Gasteiger partial charge is 0.102 e. The highest BCUT2D eigenvalue weighted by Gasteiger charge is 2.21. The molecule has 0 unspecified atom stereocenters. The molecule has 9 rings (SSSR count). The minimum atomic E-state index is 0.561. The van der Waals surface area contributed by atoms with Crippen LogP contribution in [0.25, 0.3) is 77.2 Å². The molecule has 2 aromatic heterocycles. The number of nitriles is 3. The Bertz CT molecular complexity index is 2970. The molecule has 2 heterocycles. The molecular weight excluding hydrogens is 611 g/mol. The highest BCUT2D eigenvalue weighted by molar-refractivity contribution is 6.11. The number of nitrogens with zero attached hydrogens (tertiary/aromatic N) is 5. The second kappa shape index (κ2) is 11.4. The van der Waals surface area contributed by atoms with E-state index in [1.807, 2.05) is 103 Å². The first-order valence-corrected chi connectivity index (χ1v) is 16.3. The van der Waals surface area contributed by atoms with Gasteiger partial charge in [-0.15, -0.1) is 0 Å². The number of fused-ring (bicyclic) bond motifs is 6. The van der Waals surface area contributed by atoms with E-state index in [1.165, 1.54) is 0 Å². The van der Waals surface area contributed by atoms with Gasteiger partial charge in [0.1, 0.15) is 6.07 Å². The molecule has 0 aliphatic carbocycles. The summed E-state index contributed by atoms with van der Waals surface area (Å²) in [7, 11) is 0. The van der Waals surface area contributed by atoms with Crippen molar-refractivity contribution >= 4 is 43.6 Å². The summed E-state index contributed by atoms with van der Waals surface area (Å²) in [5.74, 6) is 0. The van der Waals surface area contributed by atoms with E-state index in [2.05, 4.69) is 75.9 Å². The molecule has 5 nitrogen and oxygen atoms in total. The lowest BCUT2D eigenvalue weighted by Gasteiger charge is -2.18. The van der Waals surface area contributed by atoms with Crippen molar-refractivity contribution < 1.29 is 0 Å². The van der Waals surface area contributed by atoms with Crippen LogP contribution in [0, 0.1) is 34.0 Å². The van der Waals surface area contributed by atoms with E-state index >= 15 is 0 Å². The third-order valence-corrected chi connectivity index (χ3v) is 9.65. The van der Waals surface area contributed by atoms with Crippen LogP contribution in [0.2, 0.25) is 0 Å². The van der Waals surface area contributed by atoms with E-state index < -0.39 is 0 Å². The minimum absolute atomic E-state index is 0.561. The molecule has 0 amide bonds. The molecule has 7 aromatic carbocycles. The molecule has 0 aliphatic rings. The SMILES string of the molecule is N#Cc1ccc2c(c1)c1ccccc1n2-c1ccccc1-c1ccccc1-c1cccc(-n2c3ccccc3c3cc(C#N)ccc32)c1C#N. The van der Waals surface area contributed by atoms with Crippen molar-refractivity contribution in [3.63, 3.8) is 0 Å². The van der Waals surface area contributed by atoms with Gasteiger partial charge < -0.3 is 9.13 Å². The highest BCUT2D eigenvalue weighted by Crippen LogP contribution is 2.42. The average molecular weight is 636 g/mol. The molecule has 0 aliphatic heterocycles. The Labute approximate surface area is 287 Å². The summed E-state index contributed by atoms with van der Waals surface area (Å²) in [4.78, 5) is 0. The third-order valence-electron chi connectivity index (χ3n) is 9.65. The lowest BCUT2D eigenvalue weighted by Crippen LogP contribution is -2.01. The summed E-state index contributed by atoms with van der Waals surface area (Å²) in [6, 6.07) is 57.8. The Morgan fingerprint density at radius 2 is 0.780 bits per heavy atom. The van der Waals surface area contributed by atoms with Crippen LogP contribution in [0.3, 0.4) is 0 Å². The zero-order valence-corrected chi connectivity index (χ0v) is 26.7. The van der Waals surface area contributed by atoms with Crippen LogP contribution in [0.15, 0.2) is 152 Å². The predicted molar refractivity (Wildman–Crippen MR) is 200 cm³/mol. The van der Waals surface area contributed by atoms with E-state index in [1.54, 1.807) is 0 Å². The summed E-state index contributed by atoms with van der Waals surface area (Å²) in [6.45, 7) is 0. The Balaban J connectivity index is 1.30. The summed E-state index contributed by atoms with van der Waals surface area (Å²) < 4.78 is 4.41. The molecule has 0 saturated heterocycles.